The molecule has 194 valence electrons. The van der Waals surface area contributed by atoms with Gasteiger partial charge in [0.05, 0.1) is 0 Å². The van der Waals surface area contributed by atoms with E-state index in [0.29, 0.717) is 38.4 Å². The van der Waals surface area contributed by atoms with Gasteiger partial charge < -0.3 is 4.74 Å². The largest absolute Gasteiger partial charge is 0.462 e. The van der Waals surface area contributed by atoms with E-state index in [1.54, 1.807) is 6.92 Å². The van der Waals surface area contributed by atoms with E-state index in [9.17, 15) is 4.79 Å². The van der Waals surface area contributed by atoms with Crippen molar-refractivity contribution in [1.29, 1.82) is 0 Å². The molecule has 5 rings (SSSR count). The van der Waals surface area contributed by atoms with Crippen molar-refractivity contribution in [1.82, 2.24) is 0 Å². The first-order chi connectivity index (χ1) is 15.6. The predicted molar refractivity (Wildman–Crippen MR) is 140 cm³/mol. The summed E-state index contributed by atoms with van der Waals surface area (Å²) >= 11 is 0. The number of fused-ring (bicyclic) bond motifs is 7. The van der Waals surface area contributed by atoms with Crippen molar-refractivity contribution in [3.63, 3.8) is 0 Å². The van der Waals surface area contributed by atoms with E-state index in [2.05, 4.69) is 55.4 Å². The highest BCUT2D eigenvalue weighted by Gasteiger charge is 2.70. The average molecular weight is 471 g/mol. The van der Waals surface area contributed by atoms with Gasteiger partial charge in [0.25, 0.3) is 0 Å². The van der Waals surface area contributed by atoms with Crippen LogP contribution < -0.4 is 0 Å². The van der Waals surface area contributed by atoms with Gasteiger partial charge in [-0.25, -0.2) is 0 Å². The summed E-state index contributed by atoms with van der Waals surface area (Å²) in [5, 5.41) is 0. The van der Waals surface area contributed by atoms with Crippen LogP contribution in [0, 0.1) is 56.2 Å². The summed E-state index contributed by atoms with van der Waals surface area (Å²) in [6.07, 6.45) is 15.1. The van der Waals surface area contributed by atoms with Gasteiger partial charge in [0, 0.05) is 6.92 Å². The molecular weight excluding hydrogens is 416 g/mol. The number of esters is 1. The normalized spacial score (nSPS) is 56.3. The molecule has 34 heavy (non-hydrogen) atoms. The Morgan fingerprint density at radius 3 is 1.97 bits per heavy atom. The third-order valence-electron chi connectivity index (χ3n) is 14.2. The Labute approximate surface area is 210 Å². The fourth-order valence-corrected chi connectivity index (χ4v) is 11.7. The van der Waals surface area contributed by atoms with Crippen LogP contribution >= 0.6 is 0 Å². The number of hydrogen-bond donors (Lipinski definition) is 0. The topological polar surface area (TPSA) is 26.3 Å². The van der Waals surface area contributed by atoms with E-state index >= 15 is 0 Å². The molecule has 0 unspecified atom stereocenters. The highest BCUT2D eigenvalue weighted by molar-refractivity contribution is 5.66. The number of carbonyl (C=O) groups is 1. The number of carbonyl (C=O) groups excluding carboxylic acids is 1. The summed E-state index contributed by atoms with van der Waals surface area (Å²) in [7, 11) is 0. The average Bonchev–Trinajstić information content (AvgIpc) is 2.74. The van der Waals surface area contributed by atoms with Crippen LogP contribution in [-0.2, 0) is 9.53 Å². The monoisotopic (exact) mass is 470 g/mol. The molecule has 0 aliphatic heterocycles. The van der Waals surface area contributed by atoms with Crippen molar-refractivity contribution in [2.75, 3.05) is 0 Å². The Morgan fingerprint density at radius 2 is 1.29 bits per heavy atom. The maximum Gasteiger partial charge on any atom is 0.302 e. The summed E-state index contributed by atoms with van der Waals surface area (Å²) < 4.78 is 5.86. The van der Waals surface area contributed by atoms with Crippen molar-refractivity contribution in [2.24, 2.45) is 56.2 Å². The summed E-state index contributed by atoms with van der Waals surface area (Å²) in [5.41, 5.74) is 2.70. The van der Waals surface area contributed by atoms with Crippen molar-refractivity contribution in [3.8, 4) is 0 Å². The maximum absolute atomic E-state index is 11.8. The zero-order valence-electron chi connectivity index (χ0n) is 24.0. The number of ether oxygens (including phenoxy) is 1. The molecule has 0 bridgehead atoms. The number of hydrogen-bond acceptors (Lipinski definition) is 2. The molecule has 0 radical (unpaired) electrons. The molecule has 0 spiro atoms. The van der Waals surface area contributed by atoms with Crippen molar-refractivity contribution < 1.29 is 9.53 Å². The van der Waals surface area contributed by atoms with Crippen LogP contribution in [0.25, 0.3) is 0 Å². The Morgan fingerprint density at radius 1 is 0.676 bits per heavy atom. The van der Waals surface area contributed by atoms with Gasteiger partial charge in [0.1, 0.15) is 6.10 Å². The SMILES string of the molecule is CC(=O)O[C@H]1CC[C@@H]2[C@](C)(CC[C@@H]3[C@]2(C)CC[C@@]2(C)[C@@H]4CC(C)(C)CC[C@]4(C)CC[C@]32C)[C@H]1C. The lowest BCUT2D eigenvalue weighted by atomic mass is 9.30. The third kappa shape index (κ3) is 3.21. The van der Waals surface area contributed by atoms with E-state index in [1.165, 1.54) is 64.2 Å². The van der Waals surface area contributed by atoms with E-state index in [-0.39, 0.29) is 12.1 Å². The van der Waals surface area contributed by atoms with E-state index in [4.69, 9.17) is 4.74 Å². The first kappa shape index (κ1) is 25.1. The zero-order valence-corrected chi connectivity index (χ0v) is 24.0. The highest BCUT2D eigenvalue weighted by atomic mass is 16.5. The third-order valence-corrected chi connectivity index (χ3v) is 14.2. The molecule has 2 nitrogen and oxygen atoms in total. The van der Waals surface area contributed by atoms with Gasteiger partial charge in [-0.3, -0.25) is 4.79 Å². The van der Waals surface area contributed by atoms with Crippen molar-refractivity contribution in [3.05, 3.63) is 0 Å². The van der Waals surface area contributed by atoms with E-state index < -0.39 is 0 Å². The molecule has 0 aromatic heterocycles. The van der Waals surface area contributed by atoms with Crippen LogP contribution in [0.4, 0.5) is 0 Å². The van der Waals surface area contributed by atoms with Gasteiger partial charge in [-0.15, -0.1) is 0 Å². The molecule has 0 amide bonds. The lowest BCUT2D eigenvalue weighted by Gasteiger charge is -2.75. The van der Waals surface area contributed by atoms with Crippen LogP contribution in [0.1, 0.15) is 133 Å². The molecule has 5 saturated carbocycles. The smallest absolute Gasteiger partial charge is 0.302 e. The minimum absolute atomic E-state index is 0.0968. The van der Waals surface area contributed by atoms with Gasteiger partial charge in [-0.1, -0.05) is 55.4 Å². The van der Waals surface area contributed by atoms with Crippen LogP contribution in [0.5, 0.6) is 0 Å². The standard InChI is InChI=1S/C32H54O2/c1-21-23(34-22(2)33)10-11-24-29(21,6)13-12-25-30(24,7)17-19-32(9)26-20-27(3,4)14-15-28(26,5)16-18-31(25,32)8/h21,23-26H,10-20H2,1-9H3/t21-,23-,24+,25+,26+,28+,29+,30+,31+,32-/m0/s1. The lowest BCUT2D eigenvalue weighted by molar-refractivity contribution is -0.263. The summed E-state index contributed by atoms with van der Waals surface area (Å²) in [6, 6.07) is 0. The van der Waals surface area contributed by atoms with E-state index in [1.807, 2.05) is 0 Å². The Bertz CT molecular complexity index is 846. The molecular formula is C32H54O2. The van der Waals surface area contributed by atoms with E-state index in [0.717, 1.165) is 24.2 Å². The fourth-order valence-electron chi connectivity index (χ4n) is 11.7. The quantitative estimate of drug-likeness (QED) is 0.358. The molecule has 0 aromatic carbocycles. The minimum atomic E-state index is -0.0968. The summed E-state index contributed by atoms with van der Waals surface area (Å²) in [4.78, 5) is 11.8. The summed E-state index contributed by atoms with van der Waals surface area (Å²) in [6.45, 7) is 22.5. The van der Waals surface area contributed by atoms with Gasteiger partial charge in [0.15, 0.2) is 0 Å². The van der Waals surface area contributed by atoms with Gasteiger partial charge in [0.2, 0.25) is 0 Å². The van der Waals surface area contributed by atoms with Crippen molar-refractivity contribution >= 4 is 5.97 Å². The minimum Gasteiger partial charge on any atom is -0.462 e. The second-order valence-electron chi connectivity index (χ2n) is 16.1. The van der Waals surface area contributed by atoms with Crippen LogP contribution in [0.3, 0.4) is 0 Å². The van der Waals surface area contributed by atoms with Crippen LogP contribution in [0.15, 0.2) is 0 Å². The summed E-state index contributed by atoms with van der Waals surface area (Å²) in [5.74, 6) is 2.84. The molecule has 5 aliphatic rings. The Hall–Kier alpha value is -0.530. The van der Waals surface area contributed by atoms with Gasteiger partial charge in [-0.05, 0) is 127 Å². The van der Waals surface area contributed by atoms with Gasteiger partial charge in [-0.2, -0.15) is 0 Å². The molecule has 0 heterocycles. The number of rotatable bonds is 1. The molecule has 0 N–H and O–H groups in total. The first-order valence-electron chi connectivity index (χ1n) is 14.8. The van der Waals surface area contributed by atoms with Crippen LogP contribution in [-0.4, -0.2) is 12.1 Å². The fraction of sp³-hybridized carbons (Fsp3) is 0.969. The predicted octanol–water partition coefficient (Wildman–Crippen LogP) is 8.82. The molecule has 0 aromatic rings. The molecule has 2 heteroatoms. The molecule has 10 atom stereocenters. The second-order valence-corrected chi connectivity index (χ2v) is 16.1. The Kier molecular flexibility index (Phi) is 5.55. The first-order valence-corrected chi connectivity index (χ1v) is 14.8. The molecule has 5 aliphatic carbocycles. The lowest BCUT2D eigenvalue weighted by Crippen LogP contribution is -2.68. The van der Waals surface area contributed by atoms with Crippen molar-refractivity contribution in [2.45, 2.75) is 139 Å². The highest BCUT2D eigenvalue weighted by Crippen LogP contribution is 2.78. The Balaban J connectivity index is 1.49. The zero-order chi connectivity index (χ0) is 24.9. The maximum atomic E-state index is 11.8. The second kappa shape index (κ2) is 7.50. The van der Waals surface area contributed by atoms with Crippen LogP contribution in [0.2, 0.25) is 0 Å². The molecule has 5 fully saturated rings. The van der Waals surface area contributed by atoms with Gasteiger partial charge >= 0.3 is 5.97 Å². The molecule has 0 saturated heterocycles.